The molecule has 1 atom stereocenters. The van der Waals surface area contributed by atoms with Crippen molar-refractivity contribution in [1.29, 1.82) is 5.26 Å². The van der Waals surface area contributed by atoms with E-state index in [9.17, 15) is 8.60 Å². The van der Waals surface area contributed by atoms with Crippen LogP contribution >= 0.6 is 11.6 Å². The zero-order chi connectivity index (χ0) is 17.5. The van der Waals surface area contributed by atoms with Gasteiger partial charge >= 0.3 is 0 Å². The first-order chi connectivity index (χ1) is 11.5. The Labute approximate surface area is 147 Å². The van der Waals surface area contributed by atoms with Gasteiger partial charge in [-0.15, -0.1) is 0 Å². The SMILES string of the molecule is CNS(=O)/N=C(\C=C\c1ccc(F)c(Cl)c1)c1ccc(C#N)cc1. The number of nitrogens with one attached hydrogen (secondary N) is 1. The summed E-state index contributed by atoms with van der Waals surface area (Å²) >= 11 is 4.16. The molecule has 0 heterocycles. The number of rotatable bonds is 5. The predicted octanol–water partition coefficient (Wildman–Crippen LogP) is 3.65. The van der Waals surface area contributed by atoms with Crippen LogP contribution in [0.1, 0.15) is 16.7 Å². The summed E-state index contributed by atoms with van der Waals surface area (Å²) in [6.07, 6.45) is 3.34. The Bertz CT molecular complexity index is 857. The first kappa shape index (κ1) is 18.0. The van der Waals surface area contributed by atoms with Crippen molar-refractivity contribution in [2.24, 2.45) is 4.40 Å². The number of hydrogen-bond donors (Lipinski definition) is 1. The van der Waals surface area contributed by atoms with Crippen LogP contribution in [0.25, 0.3) is 6.08 Å². The molecule has 0 spiro atoms. The third kappa shape index (κ3) is 4.83. The molecule has 24 heavy (non-hydrogen) atoms. The lowest BCUT2D eigenvalue weighted by atomic mass is 10.1. The number of hydrogen-bond acceptors (Lipinski definition) is 2. The highest BCUT2D eigenvalue weighted by molar-refractivity contribution is 7.81. The third-order valence-corrected chi connectivity index (χ3v) is 4.04. The van der Waals surface area contributed by atoms with Gasteiger partial charge in [0.15, 0.2) is 0 Å². The number of nitrogens with zero attached hydrogens (tertiary/aromatic N) is 2. The first-order valence-electron chi connectivity index (χ1n) is 6.85. The molecule has 0 radical (unpaired) electrons. The van der Waals surface area contributed by atoms with E-state index in [4.69, 9.17) is 16.9 Å². The molecule has 0 aliphatic rings. The van der Waals surface area contributed by atoms with E-state index in [1.54, 1.807) is 42.5 Å². The number of benzene rings is 2. The van der Waals surface area contributed by atoms with Gasteiger partial charge in [0, 0.05) is 5.56 Å². The predicted molar refractivity (Wildman–Crippen MR) is 95.3 cm³/mol. The molecule has 2 aromatic rings. The lowest BCUT2D eigenvalue weighted by Gasteiger charge is -2.03. The summed E-state index contributed by atoms with van der Waals surface area (Å²) in [4.78, 5) is 0. The highest BCUT2D eigenvalue weighted by Gasteiger charge is 2.04. The van der Waals surface area contributed by atoms with Crippen LogP contribution in [0, 0.1) is 17.1 Å². The Morgan fingerprint density at radius 1 is 1.33 bits per heavy atom. The second-order valence-electron chi connectivity index (χ2n) is 4.63. The monoisotopic (exact) mass is 361 g/mol. The van der Waals surface area contributed by atoms with Crippen molar-refractivity contribution in [1.82, 2.24) is 4.72 Å². The van der Waals surface area contributed by atoms with Crippen LogP contribution in [0.15, 0.2) is 52.9 Å². The Balaban J connectivity index is 2.37. The highest BCUT2D eigenvalue weighted by atomic mass is 35.5. The minimum Gasteiger partial charge on any atom is -0.222 e. The second-order valence-corrected chi connectivity index (χ2v) is 6.12. The summed E-state index contributed by atoms with van der Waals surface area (Å²) in [7, 11) is 1.53. The van der Waals surface area contributed by atoms with Gasteiger partial charge in [-0.3, -0.25) is 0 Å². The molecule has 0 saturated heterocycles. The average molecular weight is 362 g/mol. The molecule has 0 aliphatic heterocycles. The van der Waals surface area contributed by atoms with Crippen molar-refractivity contribution in [3.05, 3.63) is 76.1 Å². The fraction of sp³-hybridized carbons (Fsp3) is 0.0588. The molecular formula is C17H13ClFN3OS. The van der Waals surface area contributed by atoms with Crippen LogP contribution < -0.4 is 4.72 Å². The van der Waals surface area contributed by atoms with Gasteiger partial charge < -0.3 is 0 Å². The summed E-state index contributed by atoms with van der Waals surface area (Å²) in [6.45, 7) is 0. The molecule has 0 fully saturated rings. The van der Waals surface area contributed by atoms with Crippen molar-refractivity contribution in [3.63, 3.8) is 0 Å². The molecule has 0 amide bonds. The number of allylic oxidation sites excluding steroid dienone is 1. The smallest absolute Gasteiger partial charge is 0.216 e. The maximum absolute atomic E-state index is 13.2. The molecular weight excluding hydrogens is 349 g/mol. The number of halogens is 2. The molecule has 4 nitrogen and oxygen atoms in total. The Hall–Kier alpha value is -2.33. The third-order valence-electron chi connectivity index (χ3n) is 3.04. The highest BCUT2D eigenvalue weighted by Crippen LogP contribution is 2.17. The Morgan fingerprint density at radius 3 is 2.62 bits per heavy atom. The molecule has 122 valence electrons. The average Bonchev–Trinajstić information content (AvgIpc) is 2.61. The van der Waals surface area contributed by atoms with Crippen molar-refractivity contribution in [2.45, 2.75) is 0 Å². The Kier molecular flexibility index (Phi) is 6.38. The molecule has 2 rings (SSSR count). The van der Waals surface area contributed by atoms with Crippen molar-refractivity contribution in [3.8, 4) is 6.07 Å². The zero-order valence-electron chi connectivity index (χ0n) is 12.7. The topological polar surface area (TPSA) is 65.2 Å². The van der Waals surface area contributed by atoms with Gasteiger partial charge in [0.2, 0.25) is 11.2 Å². The zero-order valence-corrected chi connectivity index (χ0v) is 14.2. The van der Waals surface area contributed by atoms with Crippen LogP contribution in [0.5, 0.6) is 0 Å². The summed E-state index contributed by atoms with van der Waals surface area (Å²) < 4.78 is 31.5. The van der Waals surface area contributed by atoms with Gasteiger partial charge in [0.1, 0.15) is 5.82 Å². The minimum absolute atomic E-state index is 0.0211. The normalized spacial score (nSPS) is 13.0. The number of nitriles is 1. The summed E-state index contributed by atoms with van der Waals surface area (Å²) in [5.41, 5.74) is 2.34. The first-order valence-corrected chi connectivity index (χ1v) is 8.33. The minimum atomic E-state index is -1.59. The van der Waals surface area contributed by atoms with E-state index in [-0.39, 0.29) is 5.02 Å². The molecule has 0 aromatic heterocycles. The van der Waals surface area contributed by atoms with Crippen molar-refractivity contribution < 1.29 is 8.60 Å². The molecule has 2 aromatic carbocycles. The van der Waals surface area contributed by atoms with E-state index >= 15 is 0 Å². The van der Waals surface area contributed by atoms with E-state index in [0.717, 1.165) is 0 Å². The fourth-order valence-corrected chi connectivity index (χ4v) is 2.45. The lowest BCUT2D eigenvalue weighted by Crippen LogP contribution is -2.10. The van der Waals surface area contributed by atoms with Crippen LogP contribution in [-0.4, -0.2) is 17.0 Å². The Morgan fingerprint density at radius 2 is 2.04 bits per heavy atom. The molecule has 0 bridgehead atoms. The van der Waals surface area contributed by atoms with E-state index < -0.39 is 17.0 Å². The van der Waals surface area contributed by atoms with Crippen LogP contribution in [-0.2, 0) is 11.2 Å². The van der Waals surface area contributed by atoms with E-state index in [1.807, 2.05) is 6.07 Å². The molecule has 1 unspecified atom stereocenters. The standard InChI is InChI=1S/C17H13ClFN3OS/c1-21-24(23)22-17(14-6-2-13(11-20)3-7-14)9-5-12-4-8-16(19)15(18)10-12/h2-10,21H,1H3/b9-5+,22-17+. The molecule has 0 saturated carbocycles. The molecule has 1 N–H and O–H groups in total. The summed E-state index contributed by atoms with van der Waals surface area (Å²) in [6, 6.07) is 13.1. The van der Waals surface area contributed by atoms with E-state index in [1.165, 1.54) is 19.2 Å². The van der Waals surface area contributed by atoms with Gasteiger partial charge in [-0.1, -0.05) is 35.9 Å². The van der Waals surface area contributed by atoms with Crippen molar-refractivity contribution >= 4 is 34.6 Å². The van der Waals surface area contributed by atoms with Crippen LogP contribution in [0.4, 0.5) is 4.39 Å². The van der Waals surface area contributed by atoms with Crippen LogP contribution in [0.2, 0.25) is 5.02 Å². The van der Waals surface area contributed by atoms with Gasteiger partial charge in [0.25, 0.3) is 0 Å². The maximum atomic E-state index is 13.2. The van der Waals surface area contributed by atoms with Gasteiger partial charge in [-0.25, -0.2) is 13.3 Å². The summed E-state index contributed by atoms with van der Waals surface area (Å²) in [5.74, 6) is -0.494. The van der Waals surface area contributed by atoms with Crippen molar-refractivity contribution in [2.75, 3.05) is 7.05 Å². The second kappa shape index (κ2) is 8.50. The molecule has 7 heteroatoms. The van der Waals surface area contributed by atoms with Gasteiger partial charge in [0.05, 0.1) is 22.4 Å². The van der Waals surface area contributed by atoms with E-state index in [0.29, 0.717) is 22.4 Å². The van der Waals surface area contributed by atoms with E-state index in [2.05, 4.69) is 9.12 Å². The van der Waals surface area contributed by atoms with Gasteiger partial charge in [-0.05, 0) is 43.0 Å². The quantitative estimate of drug-likeness (QED) is 0.826. The summed E-state index contributed by atoms with van der Waals surface area (Å²) in [5, 5.41) is 8.88. The fourth-order valence-electron chi connectivity index (χ4n) is 1.82. The lowest BCUT2D eigenvalue weighted by molar-refractivity contribution is 0.628. The van der Waals surface area contributed by atoms with Gasteiger partial charge in [-0.2, -0.15) is 9.66 Å². The largest absolute Gasteiger partial charge is 0.222 e. The maximum Gasteiger partial charge on any atom is 0.216 e. The van der Waals surface area contributed by atoms with Crippen LogP contribution in [0.3, 0.4) is 0 Å². The molecule has 0 aliphatic carbocycles.